The van der Waals surface area contributed by atoms with E-state index in [4.69, 9.17) is 11.6 Å². The Hall–Kier alpha value is -2.14. The smallest absolute Gasteiger partial charge is 0.275 e. The van der Waals surface area contributed by atoms with Crippen LogP contribution in [0.15, 0.2) is 30.6 Å². The van der Waals surface area contributed by atoms with Gasteiger partial charge in [-0.25, -0.2) is 4.98 Å². The number of nitrogens with one attached hydrogen (secondary N) is 1. The number of benzene rings is 1. The van der Waals surface area contributed by atoms with Crippen molar-refractivity contribution in [2.24, 2.45) is 0 Å². The summed E-state index contributed by atoms with van der Waals surface area (Å²) in [5.74, 6) is -0.333. The van der Waals surface area contributed by atoms with Crippen LogP contribution in [-0.2, 0) is 0 Å². The van der Waals surface area contributed by atoms with Crippen molar-refractivity contribution in [3.8, 4) is 0 Å². The molecule has 1 aromatic heterocycles. The highest BCUT2D eigenvalue weighted by molar-refractivity contribution is 6.29. The van der Waals surface area contributed by atoms with E-state index in [1.54, 1.807) is 0 Å². The molecule has 0 saturated heterocycles. The summed E-state index contributed by atoms with van der Waals surface area (Å²) in [6, 6.07) is 5.80. The molecule has 0 bridgehead atoms. The summed E-state index contributed by atoms with van der Waals surface area (Å²) in [5, 5.41) is 2.99. The van der Waals surface area contributed by atoms with Gasteiger partial charge in [0.15, 0.2) is 0 Å². The summed E-state index contributed by atoms with van der Waals surface area (Å²) in [4.78, 5) is 21.8. The molecule has 0 fully saturated rings. The van der Waals surface area contributed by atoms with Gasteiger partial charge in [-0.3, -0.25) is 9.78 Å². The van der Waals surface area contributed by atoms with E-state index in [0.29, 0.717) is 0 Å². The van der Waals surface area contributed by atoms with Crippen molar-refractivity contribution in [2.45, 2.75) is 6.92 Å². The standard InChI is InChI=1S/C14H15ClN4O/c1-9-6-10(19(2)3)4-5-11(9)18-14(20)12-7-16-8-13(15)17-12/h4-8H,1-3H3,(H,18,20). The lowest BCUT2D eigenvalue weighted by Crippen LogP contribution is -2.15. The molecule has 1 N–H and O–H groups in total. The number of carbonyl (C=O) groups excluding carboxylic acids is 1. The van der Waals surface area contributed by atoms with Crippen molar-refractivity contribution in [1.29, 1.82) is 0 Å². The average Bonchev–Trinajstić information content (AvgIpc) is 2.40. The molecule has 1 aromatic carbocycles. The molecule has 0 spiro atoms. The maximum absolute atomic E-state index is 12.1. The largest absolute Gasteiger partial charge is 0.378 e. The Morgan fingerprint density at radius 3 is 2.65 bits per heavy atom. The first-order valence-corrected chi connectivity index (χ1v) is 6.42. The minimum atomic E-state index is -0.333. The number of halogens is 1. The van der Waals surface area contributed by atoms with Crippen molar-refractivity contribution in [2.75, 3.05) is 24.3 Å². The minimum Gasteiger partial charge on any atom is -0.378 e. The van der Waals surface area contributed by atoms with Crippen LogP contribution >= 0.6 is 11.6 Å². The number of hydrogen-bond acceptors (Lipinski definition) is 4. The molecule has 5 nitrogen and oxygen atoms in total. The molecule has 0 aliphatic carbocycles. The third-order valence-electron chi connectivity index (χ3n) is 2.81. The van der Waals surface area contributed by atoms with Gasteiger partial charge in [-0.2, -0.15) is 0 Å². The SMILES string of the molecule is Cc1cc(N(C)C)ccc1NC(=O)c1cncc(Cl)n1. The molecular weight excluding hydrogens is 276 g/mol. The molecular formula is C14H15ClN4O. The number of aromatic nitrogens is 2. The molecule has 6 heteroatoms. The Kier molecular flexibility index (Phi) is 4.20. The normalized spacial score (nSPS) is 10.2. The molecule has 2 aromatic rings. The molecule has 0 radical (unpaired) electrons. The van der Waals surface area contributed by atoms with E-state index in [-0.39, 0.29) is 16.8 Å². The Morgan fingerprint density at radius 2 is 2.05 bits per heavy atom. The Balaban J connectivity index is 2.20. The predicted octanol–water partition coefficient (Wildman–Crippen LogP) is 2.76. The minimum absolute atomic E-state index is 0.189. The zero-order valence-corrected chi connectivity index (χ0v) is 12.3. The number of anilines is 2. The fourth-order valence-electron chi connectivity index (χ4n) is 1.70. The zero-order chi connectivity index (χ0) is 14.7. The van der Waals surface area contributed by atoms with Crippen molar-refractivity contribution < 1.29 is 4.79 Å². The van der Waals surface area contributed by atoms with Crippen molar-refractivity contribution in [3.63, 3.8) is 0 Å². The molecule has 2 rings (SSSR count). The van der Waals surface area contributed by atoms with Gasteiger partial charge in [-0.15, -0.1) is 0 Å². The van der Waals surface area contributed by atoms with E-state index in [2.05, 4.69) is 15.3 Å². The number of nitrogens with zero attached hydrogens (tertiary/aromatic N) is 3. The second-order valence-electron chi connectivity index (χ2n) is 4.57. The van der Waals surface area contributed by atoms with Crippen LogP contribution in [0.25, 0.3) is 0 Å². The summed E-state index contributed by atoms with van der Waals surface area (Å²) in [7, 11) is 3.93. The van der Waals surface area contributed by atoms with Crippen molar-refractivity contribution in [1.82, 2.24) is 9.97 Å². The summed E-state index contributed by atoms with van der Waals surface area (Å²) < 4.78 is 0. The van der Waals surface area contributed by atoms with Gasteiger partial charge in [-0.05, 0) is 30.7 Å². The monoisotopic (exact) mass is 290 g/mol. The fraction of sp³-hybridized carbons (Fsp3) is 0.214. The summed E-state index contributed by atoms with van der Waals surface area (Å²) in [6.45, 7) is 1.94. The third kappa shape index (κ3) is 3.24. The highest BCUT2D eigenvalue weighted by Gasteiger charge is 2.10. The second kappa shape index (κ2) is 5.88. The van der Waals surface area contributed by atoms with E-state index < -0.39 is 0 Å². The maximum Gasteiger partial charge on any atom is 0.275 e. The van der Waals surface area contributed by atoms with E-state index in [0.717, 1.165) is 16.9 Å². The van der Waals surface area contributed by atoms with Crippen molar-refractivity contribution in [3.05, 3.63) is 47.0 Å². The summed E-state index contributed by atoms with van der Waals surface area (Å²) in [5.41, 5.74) is 2.97. The van der Waals surface area contributed by atoms with Gasteiger partial charge < -0.3 is 10.2 Å². The Bertz CT molecular complexity index is 643. The fourth-order valence-corrected chi connectivity index (χ4v) is 1.85. The average molecular weight is 291 g/mol. The van der Waals surface area contributed by atoms with Gasteiger partial charge in [0.25, 0.3) is 5.91 Å². The van der Waals surface area contributed by atoms with Crippen LogP contribution in [0.4, 0.5) is 11.4 Å². The highest BCUT2D eigenvalue weighted by atomic mass is 35.5. The van der Waals surface area contributed by atoms with Crippen LogP contribution in [0, 0.1) is 6.92 Å². The lowest BCUT2D eigenvalue weighted by atomic mass is 10.1. The van der Waals surface area contributed by atoms with E-state index in [1.807, 2.05) is 44.1 Å². The molecule has 0 unspecified atom stereocenters. The summed E-state index contributed by atoms with van der Waals surface area (Å²) in [6.07, 6.45) is 2.76. The lowest BCUT2D eigenvalue weighted by Gasteiger charge is -2.15. The molecule has 0 atom stereocenters. The van der Waals surface area contributed by atoms with E-state index in [9.17, 15) is 4.79 Å². The highest BCUT2D eigenvalue weighted by Crippen LogP contribution is 2.21. The first-order chi connectivity index (χ1) is 9.47. The molecule has 1 amide bonds. The number of amides is 1. The van der Waals surface area contributed by atoms with Crippen molar-refractivity contribution >= 4 is 28.9 Å². The Labute approximate surface area is 122 Å². The zero-order valence-electron chi connectivity index (χ0n) is 11.5. The van der Waals surface area contributed by atoms with Gasteiger partial charge in [0.1, 0.15) is 10.8 Å². The number of rotatable bonds is 3. The predicted molar refractivity (Wildman–Crippen MR) is 80.5 cm³/mol. The second-order valence-corrected chi connectivity index (χ2v) is 4.96. The third-order valence-corrected chi connectivity index (χ3v) is 2.99. The van der Waals surface area contributed by atoms with E-state index >= 15 is 0 Å². The molecule has 0 saturated carbocycles. The summed E-state index contributed by atoms with van der Waals surface area (Å²) >= 11 is 5.72. The van der Waals surface area contributed by atoms with Crippen LogP contribution in [0.3, 0.4) is 0 Å². The van der Waals surface area contributed by atoms with Gasteiger partial charge in [0, 0.05) is 25.5 Å². The topological polar surface area (TPSA) is 58.1 Å². The quantitative estimate of drug-likeness (QED) is 0.944. The molecule has 104 valence electrons. The molecule has 0 aliphatic heterocycles. The Morgan fingerprint density at radius 1 is 1.30 bits per heavy atom. The van der Waals surface area contributed by atoms with Crippen LogP contribution in [-0.4, -0.2) is 30.0 Å². The van der Waals surface area contributed by atoms with E-state index in [1.165, 1.54) is 12.4 Å². The van der Waals surface area contributed by atoms with Gasteiger partial charge in [0.05, 0.1) is 12.4 Å². The first-order valence-electron chi connectivity index (χ1n) is 6.04. The molecule has 0 aliphatic rings. The van der Waals surface area contributed by atoms with Gasteiger partial charge >= 0.3 is 0 Å². The maximum atomic E-state index is 12.1. The number of aryl methyl sites for hydroxylation is 1. The van der Waals surface area contributed by atoms with Crippen LogP contribution < -0.4 is 10.2 Å². The number of hydrogen-bond donors (Lipinski definition) is 1. The molecule has 1 heterocycles. The lowest BCUT2D eigenvalue weighted by molar-refractivity contribution is 0.102. The van der Waals surface area contributed by atoms with Crippen LogP contribution in [0.1, 0.15) is 16.1 Å². The molecule has 20 heavy (non-hydrogen) atoms. The number of carbonyl (C=O) groups is 1. The van der Waals surface area contributed by atoms with Gasteiger partial charge in [-0.1, -0.05) is 11.6 Å². The first kappa shape index (κ1) is 14.3. The van der Waals surface area contributed by atoms with Crippen LogP contribution in [0.2, 0.25) is 5.15 Å². The van der Waals surface area contributed by atoms with Crippen LogP contribution in [0.5, 0.6) is 0 Å². The van der Waals surface area contributed by atoms with Gasteiger partial charge in [0.2, 0.25) is 0 Å².